The molecule has 2 rings (SSSR count). The van der Waals surface area contributed by atoms with Crippen LogP contribution in [0.25, 0.3) is 0 Å². The Bertz CT molecular complexity index is 918. The van der Waals surface area contributed by atoms with E-state index in [1.807, 2.05) is 5.32 Å². The lowest BCUT2D eigenvalue weighted by atomic mass is 9.91. The molecule has 2 N–H and O–H groups in total. The molecule has 0 fully saturated rings. The Hall–Kier alpha value is -3.50. The molecule has 0 bridgehead atoms. The summed E-state index contributed by atoms with van der Waals surface area (Å²) in [5.41, 5.74) is -2.39. The molecule has 2 atom stereocenters. The summed E-state index contributed by atoms with van der Waals surface area (Å²) in [4.78, 5) is 34.3. The van der Waals surface area contributed by atoms with Crippen molar-refractivity contribution in [2.24, 2.45) is 0 Å². The molecule has 1 amide bonds. The molecule has 0 heterocycles. The van der Waals surface area contributed by atoms with E-state index in [1.165, 1.54) is 24.3 Å². The van der Waals surface area contributed by atoms with Gasteiger partial charge in [0.1, 0.15) is 11.9 Å². The Morgan fingerprint density at radius 3 is 2.28 bits per heavy atom. The number of nitrogens with zero attached hydrogens (tertiary/aromatic N) is 1. The number of nitro groups is 1. The summed E-state index contributed by atoms with van der Waals surface area (Å²) >= 11 is 0. The van der Waals surface area contributed by atoms with Crippen molar-refractivity contribution in [1.29, 1.82) is 0 Å². The number of amides is 1. The monoisotopic (exact) mass is 414 g/mol. The predicted octanol–water partition coefficient (Wildman–Crippen LogP) is 3.09. The second kappa shape index (κ2) is 8.67. The predicted molar refractivity (Wildman–Crippen MR) is 91.3 cm³/mol. The van der Waals surface area contributed by atoms with Gasteiger partial charge in [-0.15, -0.1) is 0 Å². The van der Waals surface area contributed by atoms with E-state index < -0.39 is 58.4 Å². The van der Waals surface area contributed by atoms with Gasteiger partial charge < -0.3 is 10.4 Å². The van der Waals surface area contributed by atoms with Crippen LogP contribution in [0, 0.1) is 15.9 Å². The molecule has 0 aliphatic heterocycles. The average molecular weight is 414 g/mol. The molecule has 0 saturated carbocycles. The van der Waals surface area contributed by atoms with Gasteiger partial charge in [0.15, 0.2) is 0 Å². The summed E-state index contributed by atoms with van der Waals surface area (Å²) in [6, 6.07) is 6.75. The molecule has 0 saturated heterocycles. The first-order valence-electron chi connectivity index (χ1n) is 8.08. The molecule has 11 heteroatoms. The van der Waals surface area contributed by atoms with E-state index in [1.54, 1.807) is 6.07 Å². The number of hydrogen-bond donors (Lipinski definition) is 2. The second-order valence-electron chi connectivity index (χ2n) is 6.01. The normalized spacial score (nSPS) is 13.4. The molecular weight excluding hydrogens is 400 g/mol. The fourth-order valence-corrected chi connectivity index (χ4v) is 2.77. The lowest BCUT2D eigenvalue weighted by Gasteiger charge is -2.23. The number of rotatable bonds is 7. The fraction of sp³-hybridized carbons (Fsp3) is 0.222. The standard InChI is InChI=1S/C18H14F4N2O5/c19-11-6-7-12(14(8-11)18(20,21)22)16(25)23-15(17(26)27)13(9-24(28)29)10-4-2-1-3-5-10/h1-8,13,15H,9H2,(H,23,25)(H,26,27). The molecule has 0 spiro atoms. The summed E-state index contributed by atoms with van der Waals surface area (Å²) in [6.45, 7) is -0.892. The number of hydrogen-bond acceptors (Lipinski definition) is 4. The summed E-state index contributed by atoms with van der Waals surface area (Å²) in [5.74, 6) is -5.72. The zero-order valence-corrected chi connectivity index (χ0v) is 14.5. The molecule has 0 radical (unpaired) electrons. The van der Waals surface area contributed by atoms with Crippen LogP contribution < -0.4 is 5.32 Å². The molecule has 29 heavy (non-hydrogen) atoms. The highest BCUT2D eigenvalue weighted by molar-refractivity contribution is 5.98. The third-order valence-electron chi connectivity index (χ3n) is 4.06. The summed E-state index contributed by atoms with van der Waals surface area (Å²) < 4.78 is 52.6. The Morgan fingerprint density at radius 2 is 1.76 bits per heavy atom. The van der Waals surface area contributed by atoms with Gasteiger partial charge in [-0.05, 0) is 23.8 Å². The van der Waals surface area contributed by atoms with Gasteiger partial charge in [-0.3, -0.25) is 14.9 Å². The second-order valence-corrected chi connectivity index (χ2v) is 6.01. The number of carbonyl (C=O) groups is 2. The smallest absolute Gasteiger partial charge is 0.417 e. The first kappa shape index (κ1) is 21.8. The van der Waals surface area contributed by atoms with Crippen LogP contribution in [0.2, 0.25) is 0 Å². The average Bonchev–Trinajstić information content (AvgIpc) is 2.63. The van der Waals surface area contributed by atoms with Gasteiger partial charge in [-0.25, -0.2) is 9.18 Å². The zero-order valence-electron chi connectivity index (χ0n) is 14.5. The first-order chi connectivity index (χ1) is 13.5. The number of carboxylic acids is 1. The highest BCUT2D eigenvalue weighted by Crippen LogP contribution is 2.33. The van der Waals surface area contributed by atoms with Gasteiger partial charge in [0.2, 0.25) is 6.54 Å². The van der Waals surface area contributed by atoms with Gasteiger partial charge in [0.25, 0.3) is 5.91 Å². The van der Waals surface area contributed by atoms with Gasteiger partial charge >= 0.3 is 12.1 Å². The molecule has 2 unspecified atom stereocenters. The van der Waals surface area contributed by atoms with Crippen molar-refractivity contribution in [1.82, 2.24) is 5.32 Å². The Kier molecular flexibility index (Phi) is 6.52. The van der Waals surface area contributed by atoms with E-state index in [-0.39, 0.29) is 11.6 Å². The molecule has 0 aromatic heterocycles. The quantitative estimate of drug-likeness (QED) is 0.411. The van der Waals surface area contributed by atoms with Crippen molar-refractivity contribution < 1.29 is 37.2 Å². The van der Waals surface area contributed by atoms with E-state index in [0.29, 0.717) is 12.1 Å². The fourth-order valence-electron chi connectivity index (χ4n) is 2.77. The molecule has 2 aromatic rings. The zero-order chi connectivity index (χ0) is 21.8. The lowest BCUT2D eigenvalue weighted by molar-refractivity contribution is -0.483. The van der Waals surface area contributed by atoms with Crippen molar-refractivity contribution in [3.05, 3.63) is 81.2 Å². The van der Waals surface area contributed by atoms with Crippen molar-refractivity contribution in [2.75, 3.05) is 6.54 Å². The Balaban J connectivity index is 2.43. The Labute approximate surface area is 161 Å². The number of benzene rings is 2. The van der Waals surface area contributed by atoms with Crippen LogP contribution in [0.4, 0.5) is 17.6 Å². The van der Waals surface area contributed by atoms with E-state index in [9.17, 15) is 42.4 Å². The van der Waals surface area contributed by atoms with Crippen LogP contribution in [-0.4, -0.2) is 34.5 Å². The minimum absolute atomic E-state index is 0.108. The molecular formula is C18H14F4N2O5. The largest absolute Gasteiger partial charge is 0.480 e. The molecule has 0 aliphatic carbocycles. The molecule has 2 aromatic carbocycles. The SMILES string of the molecule is O=C(NC(C(=O)O)C(C[N+](=O)[O-])c1ccccc1)c1ccc(F)cc1C(F)(F)F. The Morgan fingerprint density at radius 1 is 1.14 bits per heavy atom. The van der Waals surface area contributed by atoms with Crippen molar-refractivity contribution in [2.45, 2.75) is 18.1 Å². The minimum Gasteiger partial charge on any atom is -0.480 e. The number of nitrogens with one attached hydrogen (secondary N) is 1. The maximum Gasteiger partial charge on any atom is 0.417 e. The highest BCUT2D eigenvalue weighted by atomic mass is 19.4. The number of carboxylic acid groups (broad SMARTS) is 1. The van der Waals surface area contributed by atoms with Gasteiger partial charge in [-0.1, -0.05) is 30.3 Å². The molecule has 154 valence electrons. The maximum absolute atomic E-state index is 13.2. The maximum atomic E-state index is 13.2. The van der Waals surface area contributed by atoms with Gasteiger partial charge in [0, 0.05) is 4.92 Å². The number of alkyl halides is 3. The minimum atomic E-state index is -5.08. The van der Waals surface area contributed by atoms with Crippen molar-refractivity contribution >= 4 is 11.9 Å². The molecule has 0 aliphatic rings. The van der Waals surface area contributed by atoms with Crippen LogP contribution in [-0.2, 0) is 11.0 Å². The van der Waals surface area contributed by atoms with Crippen LogP contribution >= 0.6 is 0 Å². The number of halogens is 4. The van der Waals surface area contributed by atoms with Gasteiger partial charge in [0.05, 0.1) is 17.0 Å². The number of aliphatic carboxylic acids is 1. The topological polar surface area (TPSA) is 110 Å². The lowest BCUT2D eigenvalue weighted by Crippen LogP contribution is -2.47. The summed E-state index contributed by atoms with van der Waals surface area (Å²) in [5, 5.41) is 22.4. The van der Waals surface area contributed by atoms with Crippen LogP contribution in [0.5, 0.6) is 0 Å². The van der Waals surface area contributed by atoms with Crippen molar-refractivity contribution in [3.63, 3.8) is 0 Å². The van der Waals surface area contributed by atoms with E-state index >= 15 is 0 Å². The number of carbonyl (C=O) groups excluding carboxylic acids is 1. The third-order valence-corrected chi connectivity index (χ3v) is 4.06. The van der Waals surface area contributed by atoms with Crippen molar-refractivity contribution in [3.8, 4) is 0 Å². The summed E-state index contributed by atoms with van der Waals surface area (Å²) in [6.07, 6.45) is -5.08. The third kappa shape index (κ3) is 5.50. The van der Waals surface area contributed by atoms with Crippen LogP contribution in [0.3, 0.4) is 0 Å². The summed E-state index contributed by atoms with van der Waals surface area (Å²) in [7, 11) is 0. The van der Waals surface area contributed by atoms with E-state index in [2.05, 4.69) is 0 Å². The molecule has 7 nitrogen and oxygen atoms in total. The van der Waals surface area contributed by atoms with Crippen LogP contribution in [0.15, 0.2) is 48.5 Å². The van der Waals surface area contributed by atoms with E-state index in [4.69, 9.17) is 0 Å². The highest BCUT2D eigenvalue weighted by Gasteiger charge is 2.39. The first-order valence-corrected chi connectivity index (χ1v) is 8.08. The van der Waals surface area contributed by atoms with E-state index in [0.717, 1.165) is 0 Å². The van der Waals surface area contributed by atoms with Gasteiger partial charge in [-0.2, -0.15) is 13.2 Å². The van der Waals surface area contributed by atoms with Crippen LogP contribution in [0.1, 0.15) is 27.4 Å².